The molecule has 0 aromatic heterocycles. The fourth-order valence-electron chi connectivity index (χ4n) is 1.00. The van der Waals surface area contributed by atoms with Crippen molar-refractivity contribution in [1.82, 2.24) is 0 Å². The number of hydrogen-bond donors (Lipinski definition) is 2. The zero-order valence-electron chi connectivity index (χ0n) is 7.08. The van der Waals surface area contributed by atoms with Crippen LogP contribution in [0.1, 0.15) is 5.56 Å². The number of halogens is 2. The molecule has 3 nitrogen and oxygen atoms in total. The fraction of sp³-hybridized carbons (Fsp3) is 0.222. The first-order valence-electron chi connectivity index (χ1n) is 3.78. The van der Waals surface area contributed by atoms with Gasteiger partial charge in [0.2, 0.25) is 5.60 Å². The van der Waals surface area contributed by atoms with Gasteiger partial charge in [0.05, 0.1) is 5.88 Å². The van der Waals surface area contributed by atoms with E-state index in [1.807, 2.05) is 0 Å². The van der Waals surface area contributed by atoms with Gasteiger partial charge in [-0.15, -0.1) is 11.6 Å². The lowest BCUT2D eigenvalue weighted by molar-refractivity contribution is -0.157. The summed E-state index contributed by atoms with van der Waals surface area (Å²) in [5.74, 6) is -1.75. The van der Waals surface area contributed by atoms with Crippen LogP contribution in [-0.4, -0.2) is 22.1 Å². The maximum Gasteiger partial charge on any atom is 0.341 e. The van der Waals surface area contributed by atoms with E-state index in [-0.39, 0.29) is 5.56 Å². The highest BCUT2D eigenvalue weighted by molar-refractivity contribution is 9.10. The molecule has 0 spiro atoms. The van der Waals surface area contributed by atoms with E-state index in [1.54, 1.807) is 12.1 Å². The first kappa shape index (κ1) is 11.5. The van der Waals surface area contributed by atoms with Crippen LogP contribution in [0.5, 0.6) is 0 Å². The molecule has 0 fully saturated rings. The molecule has 0 aliphatic heterocycles. The standard InChI is InChI=1S/C9H8BrClO3/c10-7-3-1-2-6(4-7)9(14,5-11)8(12)13/h1-4,14H,5H2,(H,12,13). The summed E-state index contributed by atoms with van der Waals surface area (Å²) >= 11 is 8.63. The summed E-state index contributed by atoms with van der Waals surface area (Å²) in [6.45, 7) is 0. The van der Waals surface area contributed by atoms with Gasteiger partial charge in [-0.1, -0.05) is 28.1 Å². The largest absolute Gasteiger partial charge is 0.479 e. The quantitative estimate of drug-likeness (QED) is 0.832. The van der Waals surface area contributed by atoms with E-state index in [9.17, 15) is 9.90 Å². The molecule has 5 heteroatoms. The molecule has 1 rings (SSSR count). The third-order valence-corrected chi connectivity index (χ3v) is 2.73. The Hall–Kier alpha value is -0.580. The molecular formula is C9H8BrClO3. The molecule has 1 atom stereocenters. The van der Waals surface area contributed by atoms with E-state index in [0.717, 1.165) is 0 Å². The molecule has 1 aromatic carbocycles. The van der Waals surface area contributed by atoms with Crippen molar-refractivity contribution in [2.45, 2.75) is 5.60 Å². The van der Waals surface area contributed by atoms with Crippen LogP contribution >= 0.6 is 27.5 Å². The maximum absolute atomic E-state index is 10.8. The lowest BCUT2D eigenvalue weighted by Gasteiger charge is -2.20. The molecule has 0 saturated carbocycles. The smallest absolute Gasteiger partial charge is 0.341 e. The van der Waals surface area contributed by atoms with Crippen LogP contribution in [0.4, 0.5) is 0 Å². The molecule has 2 N–H and O–H groups in total. The van der Waals surface area contributed by atoms with Crippen molar-refractivity contribution in [3.05, 3.63) is 34.3 Å². The zero-order chi connectivity index (χ0) is 10.8. The van der Waals surface area contributed by atoms with Gasteiger partial charge >= 0.3 is 5.97 Å². The summed E-state index contributed by atoms with van der Waals surface area (Å²) in [6.07, 6.45) is 0. The van der Waals surface area contributed by atoms with E-state index < -0.39 is 17.5 Å². The van der Waals surface area contributed by atoms with Crippen molar-refractivity contribution in [2.75, 3.05) is 5.88 Å². The number of carbonyl (C=O) groups is 1. The minimum absolute atomic E-state index is 0.259. The van der Waals surface area contributed by atoms with Gasteiger partial charge in [-0.2, -0.15) is 0 Å². The summed E-state index contributed by atoms with van der Waals surface area (Å²) in [4.78, 5) is 10.8. The zero-order valence-corrected chi connectivity index (χ0v) is 9.42. The van der Waals surface area contributed by atoms with Crippen molar-refractivity contribution < 1.29 is 15.0 Å². The van der Waals surface area contributed by atoms with Crippen LogP contribution in [-0.2, 0) is 10.4 Å². The first-order valence-corrected chi connectivity index (χ1v) is 5.11. The van der Waals surface area contributed by atoms with E-state index in [2.05, 4.69) is 15.9 Å². The molecule has 0 aliphatic carbocycles. The van der Waals surface area contributed by atoms with Crippen LogP contribution in [0, 0.1) is 0 Å². The van der Waals surface area contributed by atoms with E-state index in [0.29, 0.717) is 4.47 Å². The summed E-state index contributed by atoms with van der Waals surface area (Å²) in [5.41, 5.74) is -1.76. The first-order chi connectivity index (χ1) is 6.50. The van der Waals surface area contributed by atoms with Gasteiger partial charge in [0.1, 0.15) is 0 Å². The fourth-order valence-corrected chi connectivity index (χ4v) is 1.67. The summed E-state index contributed by atoms with van der Waals surface area (Å²) in [5, 5.41) is 18.6. The van der Waals surface area contributed by atoms with Crippen LogP contribution in [0.2, 0.25) is 0 Å². The second-order valence-electron chi connectivity index (χ2n) is 2.81. The number of carboxylic acid groups (broad SMARTS) is 1. The molecule has 0 radical (unpaired) electrons. The Morgan fingerprint density at radius 1 is 1.57 bits per heavy atom. The van der Waals surface area contributed by atoms with Crippen LogP contribution < -0.4 is 0 Å². The highest BCUT2D eigenvalue weighted by atomic mass is 79.9. The molecule has 1 unspecified atom stereocenters. The topological polar surface area (TPSA) is 57.5 Å². The Balaban J connectivity index is 3.19. The Kier molecular flexibility index (Phi) is 3.53. The summed E-state index contributed by atoms with van der Waals surface area (Å²) < 4.78 is 0.694. The molecular weight excluding hydrogens is 271 g/mol. The molecule has 0 amide bonds. The molecule has 76 valence electrons. The van der Waals surface area contributed by atoms with Gasteiger partial charge in [-0.05, 0) is 17.7 Å². The molecule has 0 bridgehead atoms. The number of aliphatic hydroxyl groups is 1. The lowest BCUT2D eigenvalue weighted by Crippen LogP contribution is -2.37. The van der Waals surface area contributed by atoms with Crippen molar-refractivity contribution >= 4 is 33.5 Å². The van der Waals surface area contributed by atoms with Crippen molar-refractivity contribution in [3.8, 4) is 0 Å². The maximum atomic E-state index is 10.8. The summed E-state index contributed by atoms with van der Waals surface area (Å²) in [6, 6.07) is 6.41. The Labute approximate surface area is 94.4 Å². The highest BCUT2D eigenvalue weighted by Crippen LogP contribution is 2.25. The average molecular weight is 280 g/mol. The van der Waals surface area contributed by atoms with E-state index in [4.69, 9.17) is 16.7 Å². The Morgan fingerprint density at radius 2 is 2.21 bits per heavy atom. The van der Waals surface area contributed by atoms with Gasteiger partial charge in [-0.25, -0.2) is 4.79 Å². The minimum Gasteiger partial charge on any atom is -0.479 e. The number of rotatable bonds is 3. The van der Waals surface area contributed by atoms with Crippen molar-refractivity contribution in [1.29, 1.82) is 0 Å². The summed E-state index contributed by atoms with van der Waals surface area (Å²) in [7, 11) is 0. The number of benzene rings is 1. The number of carboxylic acids is 1. The molecule has 1 aromatic rings. The van der Waals surface area contributed by atoms with Crippen LogP contribution in [0.3, 0.4) is 0 Å². The second kappa shape index (κ2) is 4.29. The molecule has 0 aliphatic rings. The molecule has 0 saturated heterocycles. The predicted molar refractivity (Wildman–Crippen MR) is 56.4 cm³/mol. The van der Waals surface area contributed by atoms with Gasteiger partial charge in [0.15, 0.2) is 0 Å². The minimum atomic E-state index is -2.02. The molecule has 0 heterocycles. The Morgan fingerprint density at radius 3 is 2.64 bits per heavy atom. The van der Waals surface area contributed by atoms with Crippen molar-refractivity contribution in [3.63, 3.8) is 0 Å². The third kappa shape index (κ3) is 2.08. The van der Waals surface area contributed by atoms with E-state index in [1.165, 1.54) is 12.1 Å². The van der Waals surface area contributed by atoms with Gasteiger partial charge in [0.25, 0.3) is 0 Å². The van der Waals surface area contributed by atoms with Gasteiger partial charge in [-0.3, -0.25) is 0 Å². The normalized spacial score (nSPS) is 14.8. The van der Waals surface area contributed by atoms with Gasteiger partial charge in [0, 0.05) is 4.47 Å². The number of aliphatic carboxylic acids is 1. The SMILES string of the molecule is O=C(O)C(O)(CCl)c1cccc(Br)c1. The van der Waals surface area contributed by atoms with Crippen LogP contribution in [0.25, 0.3) is 0 Å². The second-order valence-corrected chi connectivity index (χ2v) is 3.99. The molecule has 14 heavy (non-hydrogen) atoms. The lowest BCUT2D eigenvalue weighted by atomic mass is 9.96. The number of alkyl halides is 1. The van der Waals surface area contributed by atoms with Crippen LogP contribution in [0.15, 0.2) is 28.7 Å². The van der Waals surface area contributed by atoms with Gasteiger partial charge < -0.3 is 10.2 Å². The van der Waals surface area contributed by atoms with E-state index >= 15 is 0 Å². The highest BCUT2D eigenvalue weighted by Gasteiger charge is 2.37. The Bertz CT molecular complexity index is 356. The predicted octanol–water partition coefficient (Wildman–Crippen LogP) is 1.96. The number of hydrogen-bond acceptors (Lipinski definition) is 2. The third-order valence-electron chi connectivity index (χ3n) is 1.85. The average Bonchev–Trinajstić information content (AvgIpc) is 2.16. The van der Waals surface area contributed by atoms with Crippen molar-refractivity contribution in [2.24, 2.45) is 0 Å². The monoisotopic (exact) mass is 278 g/mol.